The SMILES string of the molecule is CCC1CCCN(C(C)(C)CNC(=O)C(C)N)C1.Cl. The molecular weight excluding hydrogens is 262 g/mol. The Labute approximate surface area is 123 Å². The molecule has 1 aliphatic heterocycles. The fraction of sp³-hybridized carbons (Fsp3) is 0.929. The Morgan fingerprint density at radius 2 is 2.16 bits per heavy atom. The highest BCUT2D eigenvalue weighted by molar-refractivity contribution is 5.85. The van der Waals surface area contributed by atoms with E-state index in [9.17, 15) is 4.79 Å². The third-order valence-corrected chi connectivity index (χ3v) is 4.06. The second kappa shape index (κ2) is 8.08. The van der Waals surface area contributed by atoms with Crippen molar-refractivity contribution < 1.29 is 4.79 Å². The number of nitrogens with zero attached hydrogens (tertiary/aromatic N) is 1. The molecule has 2 unspecified atom stereocenters. The molecule has 1 amide bonds. The van der Waals surface area contributed by atoms with Gasteiger partial charge in [-0.15, -0.1) is 12.4 Å². The van der Waals surface area contributed by atoms with Gasteiger partial charge in [0.1, 0.15) is 0 Å². The Hall–Kier alpha value is -0.320. The van der Waals surface area contributed by atoms with Crippen LogP contribution in [-0.4, -0.2) is 42.0 Å². The molecule has 0 radical (unpaired) electrons. The second-order valence-corrected chi connectivity index (χ2v) is 6.18. The lowest BCUT2D eigenvalue weighted by molar-refractivity contribution is -0.122. The summed E-state index contributed by atoms with van der Waals surface area (Å²) in [6.45, 7) is 11.3. The number of carbonyl (C=O) groups excluding carboxylic acids is 1. The van der Waals surface area contributed by atoms with Gasteiger partial charge in [0.05, 0.1) is 6.04 Å². The molecule has 2 atom stereocenters. The van der Waals surface area contributed by atoms with Crippen LogP contribution in [0.15, 0.2) is 0 Å². The molecule has 1 heterocycles. The number of nitrogens with one attached hydrogen (secondary N) is 1. The van der Waals surface area contributed by atoms with Crippen molar-refractivity contribution in [3.05, 3.63) is 0 Å². The first-order valence-corrected chi connectivity index (χ1v) is 7.15. The molecule has 0 aromatic carbocycles. The van der Waals surface area contributed by atoms with E-state index in [0.717, 1.165) is 19.0 Å². The minimum Gasteiger partial charge on any atom is -0.353 e. The lowest BCUT2D eigenvalue weighted by Crippen LogP contribution is -2.56. The Morgan fingerprint density at radius 3 is 2.68 bits per heavy atom. The summed E-state index contributed by atoms with van der Waals surface area (Å²) in [5, 5.41) is 2.95. The smallest absolute Gasteiger partial charge is 0.236 e. The van der Waals surface area contributed by atoms with Crippen molar-refractivity contribution in [3.8, 4) is 0 Å². The van der Waals surface area contributed by atoms with E-state index in [0.29, 0.717) is 6.54 Å². The summed E-state index contributed by atoms with van der Waals surface area (Å²) in [5.41, 5.74) is 5.57. The highest BCUT2D eigenvalue weighted by Gasteiger charge is 2.31. The van der Waals surface area contributed by atoms with Gasteiger partial charge in [-0.2, -0.15) is 0 Å². The zero-order valence-corrected chi connectivity index (χ0v) is 13.6. The molecule has 114 valence electrons. The fourth-order valence-corrected chi connectivity index (χ4v) is 2.52. The Morgan fingerprint density at radius 1 is 1.53 bits per heavy atom. The van der Waals surface area contributed by atoms with Gasteiger partial charge < -0.3 is 11.1 Å². The monoisotopic (exact) mass is 291 g/mol. The van der Waals surface area contributed by atoms with E-state index < -0.39 is 6.04 Å². The van der Waals surface area contributed by atoms with E-state index in [4.69, 9.17) is 5.73 Å². The zero-order chi connectivity index (χ0) is 13.8. The third kappa shape index (κ3) is 5.67. The van der Waals surface area contributed by atoms with Crippen molar-refractivity contribution >= 4 is 18.3 Å². The lowest BCUT2D eigenvalue weighted by Gasteiger charge is -2.43. The standard InChI is InChI=1S/C14H29N3O.ClH/c1-5-12-7-6-8-17(9-12)14(3,4)10-16-13(18)11(2)15;/h11-12H,5-10,15H2,1-4H3,(H,16,18);1H. The van der Waals surface area contributed by atoms with Gasteiger partial charge in [0.15, 0.2) is 0 Å². The largest absolute Gasteiger partial charge is 0.353 e. The van der Waals surface area contributed by atoms with Crippen LogP contribution in [0.5, 0.6) is 0 Å². The summed E-state index contributed by atoms with van der Waals surface area (Å²) in [7, 11) is 0. The Kier molecular flexibility index (Phi) is 7.94. The Balaban J connectivity index is 0.00000324. The number of carbonyl (C=O) groups is 1. The van der Waals surface area contributed by atoms with Gasteiger partial charge in [0, 0.05) is 18.6 Å². The normalized spacial score (nSPS) is 22.5. The average Bonchev–Trinajstić information content (AvgIpc) is 2.36. The number of likely N-dealkylation sites (tertiary alicyclic amines) is 1. The van der Waals surface area contributed by atoms with Gasteiger partial charge in [0.25, 0.3) is 0 Å². The van der Waals surface area contributed by atoms with E-state index in [-0.39, 0.29) is 23.9 Å². The van der Waals surface area contributed by atoms with Crippen molar-refractivity contribution in [1.82, 2.24) is 10.2 Å². The van der Waals surface area contributed by atoms with Crippen LogP contribution in [0.3, 0.4) is 0 Å². The molecule has 0 bridgehead atoms. The minimum atomic E-state index is -0.425. The molecule has 3 N–H and O–H groups in total. The van der Waals surface area contributed by atoms with Crippen molar-refractivity contribution in [2.24, 2.45) is 11.7 Å². The molecule has 0 aromatic rings. The zero-order valence-electron chi connectivity index (χ0n) is 12.7. The molecule has 1 fully saturated rings. The summed E-state index contributed by atoms with van der Waals surface area (Å²) < 4.78 is 0. The number of piperidine rings is 1. The van der Waals surface area contributed by atoms with E-state index in [1.165, 1.54) is 19.3 Å². The van der Waals surface area contributed by atoms with E-state index in [1.54, 1.807) is 6.92 Å². The lowest BCUT2D eigenvalue weighted by atomic mass is 9.91. The number of nitrogens with two attached hydrogens (primary N) is 1. The number of hydrogen-bond acceptors (Lipinski definition) is 3. The maximum Gasteiger partial charge on any atom is 0.236 e. The van der Waals surface area contributed by atoms with Crippen molar-refractivity contribution in [1.29, 1.82) is 0 Å². The molecule has 5 heteroatoms. The first-order valence-electron chi connectivity index (χ1n) is 7.15. The minimum absolute atomic E-state index is 0. The molecule has 4 nitrogen and oxygen atoms in total. The predicted molar refractivity (Wildman–Crippen MR) is 82.6 cm³/mol. The van der Waals surface area contributed by atoms with Crippen LogP contribution in [0.4, 0.5) is 0 Å². The molecular formula is C14H30ClN3O. The first kappa shape index (κ1) is 18.7. The number of rotatable bonds is 5. The van der Waals surface area contributed by atoms with Gasteiger partial charge >= 0.3 is 0 Å². The third-order valence-electron chi connectivity index (χ3n) is 4.06. The summed E-state index contributed by atoms with van der Waals surface area (Å²) in [6.07, 6.45) is 3.86. The molecule has 0 saturated carbocycles. The maximum atomic E-state index is 11.5. The summed E-state index contributed by atoms with van der Waals surface area (Å²) in [5.74, 6) is 0.745. The van der Waals surface area contributed by atoms with Gasteiger partial charge in [-0.05, 0) is 46.1 Å². The number of hydrogen-bond donors (Lipinski definition) is 2. The van der Waals surface area contributed by atoms with Crippen LogP contribution in [0.25, 0.3) is 0 Å². The summed E-state index contributed by atoms with van der Waals surface area (Å²) >= 11 is 0. The van der Waals surface area contributed by atoms with E-state index in [1.807, 2.05) is 0 Å². The van der Waals surface area contributed by atoms with E-state index in [2.05, 4.69) is 31.0 Å². The van der Waals surface area contributed by atoms with Crippen LogP contribution in [0.2, 0.25) is 0 Å². The molecule has 1 aliphatic rings. The Bertz CT molecular complexity index is 282. The van der Waals surface area contributed by atoms with Crippen LogP contribution in [-0.2, 0) is 4.79 Å². The van der Waals surface area contributed by atoms with Gasteiger partial charge in [-0.3, -0.25) is 9.69 Å². The maximum absolute atomic E-state index is 11.5. The summed E-state index contributed by atoms with van der Waals surface area (Å²) in [4.78, 5) is 14.0. The van der Waals surface area contributed by atoms with E-state index >= 15 is 0 Å². The number of halogens is 1. The second-order valence-electron chi connectivity index (χ2n) is 6.18. The predicted octanol–water partition coefficient (Wildman–Crippen LogP) is 1.77. The van der Waals surface area contributed by atoms with Gasteiger partial charge in [-0.25, -0.2) is 0 Å². The molecule has 19 heavy (non-hydrogen) atoms. The quantitative estimate of drug-likeness (QED) is 0.812. The molecule has 1 saturated heterocycles. The van der Waals surface area contributed by atoms with Gasteiger partial charge in [-0.1, -0.05) is 13.3 Å². The highest BCUT2D eigenvalue weighted by Crippen LogP contribution is 2.25. The molecule has 0 aliphatic carbocycles. The van der Waals surface area contributed by atoms with Crippen molar-refractivity contribution in [2.75, 3.05) is 19.6 Å². The summed E-state index contributed by atoms with van der Waals surface area (Å²) in [6, 6.07) is -0.425. The van der Waals surface area contributed by atoms with Crippen molar-refractivity contribution in [2.45, 2.75) is 58.5 Å². The number of amides is 1. The molecule has 0 spiro atoms. The average molecular weight is 292 g/mol. The van der Waals surface area contributed by atoms with Crippen LogP contribution in [0.1, 0.15) is 47.0 Å². The van der Waals surface area contributed by atoms with Crippen LogP contribution < -0.4 is 11.1 Å². The van der Waals surface area contributed by atoms with Crippen LogP contribution in [0, 0.1) is 5.92 Å². The van der Waals surface area contributed by atoms with Gasteiger partial charge in [0.2, 0.25) is 5.91 Å². The molecule has 1 rings (SSSR count). The highest BCUT2D eigenvalue weighted by atomic mass is 35.5. The fourth-order valence-electron chi connectivity index (χ4n) is 2.52. The van der Waals surface area contributed by atoms with Crippen molar-refractivity contribution in [3.63, 3.8) is 0 Å². The molecule has 0 aromatic heterocycles. The van der Waals surface area contributed by atoms with Crippen LogP contribution >= 0.6 is 12.4 Å². The topological polar surface area (TPSA) is 58.4 Å². The first-order chi connectivity index (χ1) is 8.36.